The average molecular weight is 800 g/mol. The Kier molecular flexibility index (Phi) is 8.58. The van der Waals surface area contributed by atoms with Crippen LogP contribution >= 0.6 is 0 Å². The normalized spacial score (nSPS) is 10.9. The van der Waals surface area contributed by atoms with Gasteiger partial charge in [0.1, 0.15) is 11.4 Å². The Morgan fingerprint density at radius 2 is 1.21 bits per heavy atom. The monoisotopic (exact) mass is 799 g/mol. The van der Waals surface area contributed by atoms with Crippen molar-refractivity contribution in [3.8, 4) is 73.0 Å². The molecule has 48 heavy (non-hydrogen) atoms. The largest absolute Gasteiger partial charge is 0.507 e. The molecule has 234 valence electrons. The van der Waals surface area contributed by atoms with E-state index in [1.54, 1.807) is 0 Å². The first-order valence-corrected chi connectivity index (χ1v) is 15.6. The van der Waals surface area contributed by atoms with Crippen LogP contribution in [0.2, 0.25) is 0 Å². The van der Waals surface area contributed by atoms with Crippen molar-refractivity contribution in [3.05, 3.63) is 169 Å². The zero-order chi connectivity index (χ0) is 31.7. The molecule has 0 saturated carbocycles. The fourth-order valence-electron chi connectivity index (χ4n) is 6.17. The number of nitrogens with zero attached hydrogens (tertiary/aromatic N) is 3. The number of hydrogen-bond acceptors (Lipinski definition) is 3. The first kappa shape index (κ1) is 31.0. The number of phenolic OH excluding ortho intramolecular Hbond substituents is 1. The minimum Gasteiger partial charge on any atom is -0.507 e. The number of rotatable bonds is 6. The van der Waals surface area contributed by atoms with E-state index >= 15 is 0 Å². The topological polar surface area (TPSA) is 50.4 Å². The van der Waals surface area contributed by atoms with E-state index in [2.05, 4.69) is 72.0 Å². The minimum atomic E-state index is 0. The van der Waals surface area contributed by atoms with E-state index in [0.29, 0.717) is 11.3 Å². The van der Waals surface area contributed by atoms with Crippen LogP contribution in [0.5, 0.6) is 5.75 Å². The molecule has 8 aromatic rings. The van der Waals surface area contributed by atoms with Gasteiger partial charge in [0.15, 0.2) is 0 Å². The van der Waals surface area contributed by atoms with E-state index in [0.717, 1.165) is 61.7 Å². The number of aromatic nitrogens is 3. The van der Waals surface area contributed by atoms with E-state index in [1.165, 1.54) is 5.56 Å². The van der Waals surface area contributed by atoms with Gasteiger partial charge in [0.2, 0.25) is 0 Å². The smallest absolute Gasteiger partial charge is 0.129 e. The Labute approximate surface area is 294 Å². The first-order valence-electron chi connectivity index (χ1n) is 15.6. The molecule has 0 aliphatic heterocycles. The maximum absolute atomic E-state index is 11.3. The summed E-state index contributed by atoms with van der Waals surface area (Å²) in [7, 11) is 0. The Bertz CT molecular complexity index is 2380. The van der Waals surface area contributed by atoms with Crippen LogP contribution in [0.25, 0.3) is 72.9 Å². The van der Waals surface area contributed by atoms with Crippen LogP contribution in [-0.4, -0.2) is 19.5 Å². The van der Waals surface area contributed by atoms with Crippen LogP contribution in [0.4, 0.5) is 0 Å². The number of fused-ring (bicyclic) bond motifs is 1. The van der Waals surface area contributed by atoms with Crippen molar-refractivity contribution in [3.63, 3.8) is 0 Å². The van der Waals surface area contributed by atoms with Crippen molar-refractivity contribution >= 4 is 5.65 Å². The van der Waals surface area contributed by atoms with Crippen LogP contribution in [-0.2, 0) is 21.1 Å². The first-order chi connectivity index (χ1) is 23.1. The molecule has 5 aromatic carbocycles. The predicted molar refractivity (Wildman–Crippen MR) is 191 cm³/mol. The van der Waals surface area contributed by atoms with Crippen molar-refractivity contribution in [1.29, 1.82) is 0 Å². The van der Waals surface area contributed by atoms with Crippen molar-refractivity contribution in [1.82, 2.24) is 14.4 Å². The van der Waals surface area contributed by atoms with Gasteiger partial charge in [-0.15, -0.1) is 24.3 Å². The Morgan fingerprint density at radius 3 is 1.98 bits per heavy atom. The zero-order valence-electron chi connectivity index (χ0n) is 26.1. The second-order valence-corrected chi connectivity index (χ2v) is 11.7. The molecule has 0 saturated heterocycles. The number of aromatic hydroxyl groups is 1. The average Bonchev–Trinajstić information content (AvgIpc) is 3.52. The summed E-state index contributed by atoms with van der Waals surface area (Å²) < 4.78 is 2.13. The van der Waals surface area contributed by atoms with Gasteiger partial charge in [-0.1, -0.05) is 120 Å². The summed E-state index contributed by atoms with van der Waals surface area (Å²) in [6.07, 6.45) is 2.05. The summed E-state index contributed by atoms with van der Waals surface area (Å²) in [5, 5.41) is 11.3. The second-order valence-electron chi connectivity index (χ2n) is 11.7. The molecule has 0 aliphatic carbocycles. The van der Waals surface area contributed by atoms with Crippen LogP contribution in [0, 0.1) is 13.0 Å². The van der Waals surface area contributed by atoms with E-state index in [-0.39, 0.29) is 26.8 Å². The molecule has 0 radical (unpaired) electrons. The number of hydrogen-bond donors (Lipinski definition) is 1. The molecule has 0 unspecified atom stereocenters. The van der Waals surface area contributed by atoms with Crippen molar-refractivity contribution in [2.45, 2.75) is 6.92 Å². The molecule has 0 aliphatic rings. The fraction of sp³-hybridized carbons (Fsp3) is 0.0233. The molecule has 0 atom stereocenters. The second kappa shape index (κ2) is 13.3. The van der Waals surface area contributed by atoms with Crippen LogP contribution < -0.4 is 0 Å². The summed E-state index contributed by atoms with van der Waals surface area (Å²) in [6, 6.07) is 54.6. The molecule has 0 bridgehead atoms. The van der Waals surface area contributed by atoms with Gasteiger partial charge in [-0.25, -0.2) is 0 Å². The fourth-order valence-corrected chi connectivity index (χ4v) is 6.17. The molecule has 1 N–H and O–H groups in total. The third-order valence-electron chi connectivity index (χ3n) is 8.46. The summed E-state index contributed by atoms with van der Waals surface area (Å²) in [4.78, 5) is 10.2. The summed E-state index contributed by atoms with van der Waals surface area (Å²) in [6.45, 7) is 2.09. The molecular formula is C43H30N3OPt-. The van der Waals surface area contributed by atoms with Crippen LogP contribution in [0.15, 0.2) is 158 Å². The quantitative estimate of drug-likeness (QED) is 0.171. The van der Waals surface area contributed by atoms with Crippen molar-refractivity contribution < 1.29 is 26.2 Å². The van der Waals surface area contributed by atoms with Gasteiger partial charge in [-0.3, -0.25) is 9.97 Å². The molecule has 3 aromatic heterocycles. The standard InChI is InChI=1S/C43H30N3O.Pt/c1-29-12-10-17-32(24-29)36-26-38(44-39(27-36)37-22-21-33(28-40(37)47)30-13-4-2-5-14-30)34-18-11-19-35(25-34)42-43(31-15-6-3-7-16-31)46-23-9-8-20-41(46)45-42;/h2-24,26-28,47H,1H3;/q-1;. The van der Waals surface area contributed by atoms with Gasteiger partial charge >= 0.3 is 0 Å². The van der Waals surface area contributed by atoms with E-state index in [9.17, 15) is 5.11 Å². The molecule has 4 nitrogen and oxygen atoms in total. The van der Waals surface area contributed by atoms with E-state index < -0.39 is 0 Å². The number of imidazole rings is 1. The maximum atomic E-state index is 11.3. The van der Waals surface area contributed by atoms with Crippen molar-refractivity contribution in [2.75, 3.05) is 0 Å². The van der Waals surface area contributed by atoms with E-state index in [4.69, 9.17) is 9.97 Å². The third-order valence-corrected chi connectivity index (χ3v) is 8.46. The van der Waals surface area contributed by atoms with Gasteiger partial charge in [0.05, 0.1) is 5.69 Å². The van der Waals surface area contributed by atoms with Gasteiger partial charge in [0.25, 0.3) is 0 Å². The molecule has 3 heterocycles. The van der Waals surface area contributed by atoms with Gasteiger partial charge in [0, 0.05) is 49.9 Å². The number of aryl methyl sites for hydroxylation is 1. The molecular weight excluding hydrogens is 770 g/mol. The van der Waals surface area contributed by atoms with Gasteiger partial charge < -0.3 is 9.51 Å². The summed E-state index contributed by atoms with van der Waals surface area (Å²) in [5.41, 5.74) is 12.9. The number of benzene rings is 5. The summed E-state index contributed by atoms with van der Waals surface area (Å²) >= 11 is 0. The molecule has 0 spiro atoms. The van der Waals surface area contributed by atoms with Crippen molar-refractivity contribution in [2.24, 2.45) is 0 Å². The van der Waals surface area contributed by atoms with Gasteiger partial charge in [-0.2, -0.15) is 0 Å². The number of phenols is 1. The maximum Gasteiger partial charge on any atom is 0.129 e. The third kappa shape index (κ3) is 5.99. The predicted octanol–water partition coefficient (Wildman–Crippen LogP) is 10.5. The Hall–Kier alpha value is -5.57. The molecule has 0 amide bonds. The molecule has 8 rings (SSSR count). The number of pyridine rings is 2. The zero-order valence-corrected chi connectivity index (χ0v) is 28.4. The van der Waals surface area contributed by atoms with Crippen LogP contribution in [0.1, 0.15) is 5.56 Å². The summed E-state index contributed by atoms with van der Waals surface area (Å²) in [5.74, 6) is 0.182. The van der Waals surface area contributed by atoms with Crippen LogP contribution in [0.3, 0.4) is 0 Å². The molecule has 5 heteroatoms. The Morgan fingerprint density at radius 1 is 0.542 bits per heavy atom. The molecule has 0 fully saturated rings. The minimum absolute atomic E-state index is 0. The van der Waals surface area contributed by atoms with E-state index in [1.807, 2.05) is 103 Å². The SMILES string of the molecule is Cc1cccc(-c2cc(-c3[c-]c(-c4nc5ccccn5c4-c4ccccc4)ccc3)nc(-c3ccc(-c4ccccc4)cc3O)c2)c1.[Pt]. The van der Waals surface area contributed by atoms with Gasteiger partial charge in [-0.05, 0) is 65.1 Å². The Balaban J connectivity index is 0.00000364.